The second kappa shape index (κ2) is 4.81. The van der Waals surface area contributed by atoms with Crippen molar-refractivity contribution in [3.63, 3.8) is 0 Å². The molecule has 18 heavy (non-hydrogen) atoms. The van der Waals surface area contributed by atoms with Crippen molar-refractivity contribution in [2.75, 3.05) is 6.54 Å². The van der Waals surface area contributed by atoms with Crippen molar-refractivity contribution in [1.29, 1.82) is 0 Å². The lowest BCUT2D eigenvalue weighted by Gasteiger charge is -2.21. The summed E-state index contributed by atoms with van der Waals surface area (Å²) < 4.78 is 1.76. The molecular weight excluding hydrogens is 236 g/mol. The van der Waals surface area contributed by atoms with Gasteiger partial charge in [0.05, 0.1) is 6.10 Å². The van der Waals surface area contributed by atoms with Crippen molar-refractivity contribution < 1.29 is 19.8 Å². The quantitative estimate of drug-likeness (QED) is 0.803. The third kappa shape index (κ3) is 2.11. The van der Waals surface area contributed by atoms with Crippen LogP contribution in [0.3, 0.4) is 0 Å². The van der Waals surface area contributed by atoms with Crippen molar-refractivity contribution in [2.24, 2.45) is 0 Å². The molecule has 1 unspecified atom stereocenters. The number of aliphatic carboxylic acids is 1. The summed E-state index contributed by atoms with van der Waals surface area (Å²) in [6.45, 7) is 2.62. The molecule has 98 valence electrons. The second-order valence-electron chi connectivity index (χ2n) is 4.38. The number of aliphatic hydroxyl groups excluding tert-OH is 1. The van der Waals surface area contributed by atoms with E-state index in [1.165, 1.54) is 4.90 Å². The van der Waals surface area contributed by atoms with Gasteiger partial charge in [0.25, 0.3) is 5.91 Å². The number of hydrogen-bond donors (Lipinski definition) is 2. The Balaban J connectivity index is 2.25. The Hall–Kier alpha value is -1.82. The van der Waals surface area contributed by atoms with E-state index in [0.29, 0.717) is 12.2 Å². The molecule has 1 aliphatic rings. The van der Waals surface area contributed by atoms with Crippen LogP contribution < -0.4 is 0 Å². The number of carbonyl (C=O) groups is 2. The first kappa shape index (κ1) is 12.6. The first-order chi connectivity index (χ1) is 8.54. The number of carboxylic acids is 1. The van der Waals surface area contributed by atoms with Gasteiger partial charge in [0.2, 0.25) is 0 Å². The molecule has 2 rings (SSSR count). The first-order valence-electron chi connectivity index (χ1n) is 5.91. The molecule has 1 saturated heterocycles. The third-order valence-corrected chi connectivity index (χ3v) is 3.21. The zero-order chi connectivity index (χ0) is 13.3. The normalized spacial score (nSPS) is 23.3. The van der Waals surface area contributed by atoms with E-state index in [2.05, 4.69) is 0 Å². The third-order valence-electron chi connectivity index (χ3n) is 3.21. The molecule has 0 bridgehead atoms. The maximum Gasteiger partial charge on any atom is 0.326 e. The molecule has 1 aliphatic heterocycles. The van der Waals surface area contributed by atoms with Crippen LogP contribution in [0, 0.1) is 0 Å². The van der Waals surface area contributed by atoms with Gasteiger partial charge in [0, 0.05) is 25.7 Å². The van der Waals surface area contributed by atoms with Gasteiger partial charge >= 0.3 is 5.97 Å². The molecule has 2 atom stereocenters. The van der Waals surface area contributed by atoms with E-state index in [-0.39, 0.29) is 18.9 Å². The highest BCUT2D eigenvalue weighted by Gasteiger charge is 2.39. The van der Waals surface area contributed by atoms with E-state index in [1.54, 1.807) is 22.9 Å². The van der Waals surface area contributed by atoms with Crippen LogP contribution in [-0.4, -0.2) is 50.2 Å². The fourth-order valence-corrected chi connectivity index (χ4v) is 2.30. The topological polar surface area (TPSA) is 82.8 Å². The van der Waals surface area contributed by atoms with Gasteiger partial charge in [-0.3, -0.25) is 4.79 Å². The van der Waals surface area contributed by atoms with Crippen LogP contribution in [0.1, 0.15) is 23.8 Å². The summed E-state index contributed by atoms with van der Waals surface area (Å²) in [6.07, 6.45) is 1.10. The van der Waals surface area contributed by atoms with Crippen molar-refractivity contribution in [1.82, 2.24) is 9.47 Å². The van der Waals surface area contributed by atoms with Gasteiger partial charge < -0.3 is 19.7 Å². The van der Waals surface area contributed by atoms with E-state index >= 15 is 0 Å². The van der Waals surface area contributed by atoms with Crippen LogP contribution >= 0.6 is 0 Å². The van der Waals surface area contributed by atoms with Crippen LogP contribution in [0.25, 0.3) is 0 Å². The maximum atomic E-state index is 12.3. The maximum absolute atomic E-state index is 12.3. The van der Waals surface area contributed by atoms with Gasteiger partial charge in [-0.2, -0.15) is 0 Å². The summed E-state index contributed by atoms with van der Waals surface area (Å²) in [5, 5.41) is 18.6. The van der Waals surface area contributed by atoms with Crippen molar-refractivity contribution in [2.45, 2.75) is 32.0 Å². The van der Waals surface area contributed by atoms with Crippen molar-refractivity contribution in [3.05, 3.63) is 24.0 Å². The van der Waals surface area contributed by atoms with Crippen LogP contribution in [0.4, 0.5) is 0 Å². The number of aromatic nitrogens is 1. The summed E-state index contributed by atoms with van der Waals surface area (Å²) in [5.74, 6) is -1.42. The minimum Gasteiger partial charge on any atom is -0.480 e. The molecule has 2 N–H and O–H groups in total. The number of rotatable bonds is 3. The molecule has 6 nitrogen and oxygen atoms in total. The van der Waals surface area contributed by atoms with Gasteiger partial charge in [0.1, 0.15) is 11.7 Å². The summed E-state index contributed by atoms with van der Waals surface area (Å²) in [4.78, 5) is 24.6. The van der Waals surface area contributed by atoms with Gasteiger partial charge in [-0.05, 0) is 19.1 Å². The number of carboxylic acid groups (broad SMARTS) is 1. The highest BCUT2D eigenvalue weighted by Crippen LogP contribution is 2.21. The zero-order valence-electron chi connectivity index (χ0n) is 10.1. The summed E-state index contributed by atoms with van der Waals surface area (Å²) in [7, 11) is 0. The standard InChI is InChI=1S/C12H16N2O4/c1-2-13-5-3-4-9(13)11(16)14-7-8(15)6-10(14)12(17)18/h3-5,8,10,15H,2,6-7H2,1H3,(H,17,18)/t8?,10-/m0/s1. The number of hydrogen-bond acceptors (Lipinski definition) is 3. The number of aryl methyl sites for hydroxylation is 1. The Morgan fingerprint density at radius 1 is 1.50 bits per heavy atom. The number of carbonyl (C=O) groups excluding carboxylic acids is 1. The lowest BCUT2D eigenvalue weighted by molar-refractivity contribution is -0.141. The van der Waals surface area contributed by atoms with Crippen LogP contribution in [-0.2, 0) is 11.3 Å². The Kier molecular flexibility index (Phi) is 3.38. The predicted octanol–water partition coefficient (Wildman–Crippen LogP) is 0.168. The van der Waals surface area contributed by atoms with E-state index in [4.69, 9.17) is 5.11 Å². The predicted molar refractivity (Wildman–Crippen MR) is 63.2 cm³/mol. The van der Waals surface area contributed by atoms with Gasteiger partial charge in [-0.1, -0.05) is 0 Å². The molecule has 1 aromatic rings. The number of aliphatic hydroxyl groups is 1. The first-order valence-corrected chi connectivity index (χ1v) is 5.91. The molecule has 0 saturated carbocycles. The SMILES string of the molecule is CCn1cccc1C(=O)N1CC(O)C[C@H]1C(=O)O. The smallest absolute Gasteiger partial charge is 0.326 e. The van der Waals surface area contributed by atoms with Crippen LogP contribution in [0.2, 0.25) is 0 Å². The van der Waals surface area contributed by atoms with E-state index in [0.717, 1.165) is 0 Å². The fraction of sp³-hybridized carbons (Fsp3) is 0.500. The van der Waals surface area contributed by atoms with E-state index < -0.39 is 18.1 Å². The zero-order valence-corrected chi connectivity index (χ0v) is 10.1. The highest BCUT2D eigenvalue weighted by atomic mass is 16.4. The molecule has 2 heterocycles. The molecule has 6 heteroatoms. The molecule has 1 aromatic heterocycles. The molecule has 1 amide bonds. The molecule has 1 fully saturated rings. The van der Waals surface area contributed by atoms with Gasteiger partial charge in [-0.25, -0.2) is 4.79 Å². The molecule has 0 aromatic carbocycles. The fourth-order valence-electron chi connectivity index (χ4n) is 2.30. The van der Waals surface area contributed by atoms with E-state index in [1.807, 2.05) is 6.92 Å². The minimum absolute atomic E-state index is 0.0741. The number of β-amino-alcohol motifs (C(OH)–C–C–N with tert-alkyl or cyclic N) is 1. The Morgan fingerprint density at radius 3 is 2.83 bits per heavy atom. The van der Waals surface area contributed by atoms with Gasteiger partial charge in [0.15, 0.2) is 0 Å². The van der Waals surface area contributed by atoms with Crippen molar-refractivity contribution >= 4 is 11.9 Å². The number of amides is 1. The lowest BCUT2D eigenvalue weighted by atomic mass is 10.2. The summed E-state index contributed by atoms with van der Waals surface area (Å²) in [5.41, 5.74) is 0.456. The Morgan fingerprint density at radius 2 is 2.22 bits per heavy atom. The van der Waals surface area contributed by atoms with Crippen LogP contribution in [0.5, 0.6) is 0 Å². The van der Waals surface area contributed by atoms with Crippen molar-refractivity contribution in [3.8, 4) is 0 Å². The van der Waals surface area contributed by atoms with E-state index in [9.17, 15) is 14.7 Å². The molecule has 0 radical (unpaired) electrons. The average molecular weight is 252 g/mol. The molecular formula is C12H16N2O4. The number of likely N-dealkylation sites (tertiary alicyclic amines) is 1. The monoisotopic (exact) mass is 252 g/mol. The summed E-state index contributed by atoms with van der Waals surface area (Å²) >= 11 is 0. The van der Waals surface area contributed by atoms with Gasteiger partial charge in [-0.15, -0.1) is 0 Å². The second-order valence-corrected chi connectivity index (χ2v) is 4.38. The Labute approximate surface area is 104 Å². The average Bonchev–Trinajstić information content (AvgIpc) is 2.93. The Bertz CT molecular complexity index is 468. The highest BCUT2D eigenvalue weighted by molar-refractivity contribution is 5.95. The molecule has 0 aliphatic carbocycles. The van der Waals surface area contributed by atoms with Crippen LogP contribution in [0.15, 0.2) is 18.3 Å². The minimum atomic E-state index is -1.07. The summed E-state index contributed by atoms with van der Waals surface area (Å²) in [6, 6.07) is 2.47. The number of nitrogens with zero attached hydrogens (tertiary/aromatic N) is 2. The lowest BCUT2D eigenvalue weighted by Crippen LogP contribution is -2.41. The molecule has 0 spiro atoms. The largest absolute Gasteiger partial charge is 0.480 e.